The molecule has 3 heterocycles. The van der Waals surface area contributed by atoms with Gasteiger partial charge in [0.1, 0.15) is 0 Å². The number of carbonyl (C=O) groups is 1. The van der Waals surface area contributed by atoms with Crippen molar-refractivity contribution in [1.82, 2.24) is 9.80 Å². The van der Waals surface area contributed by atoms with Crippen molar-refractivity contribution < 1.29 is 9.90 Å². The van der Waals surface area contributed by atoms with Gasteiger partial charge >= 0.3 is 5.97 Å². The Morgan fingerprint density at radius 1 is 1.32 bits per heavy atom. The van der Waals surface area contributed by atoms with Crippen LogP contribution in [0.1, 0.15) is 0 Å². The lowest BCUT2D eigenvalue weighted by atomic mass is 10.0. The summed E-state index contributed by atoms with van der Waals surface area (Å²) in [6, 6.07) is -0.789. The number of fused-ring (bicyclic) bond motifs is 4. The minimum absolute atomic E-state index is 0.0213. The SMILES string of the molecule is O=C(O)C1N=CN2C1=C1C=CN1C=C1C=CC=CC12. The average Bonchev–Trinajstić information content (AvgIpc) is 2.76. The Balaban J connectivity index is 1.88. The topological polar surface area (TPSA) is 56.1 Å². The molecule has 1 aliphatic carbocycles. The summed E-state index contributed by atoms with van der Waals surface area (Å²) in [5.41, 5.74) is 2.77. The molecule has 0 fully saturated rings. The van der Waals surface area contributed by atoms with Crippen LogP contribution in [0.25, 0.3) is 0 Å². The molecule has 4 aliphatic rings. The van der Waals surface area contributed by atoms with Crippen LogP contribution in [0.2, 0.25) is 0 Å². The number of allylic oxidation sites excluding steroid dienone is 3. The molecule has 0 aromatic heterocycles. The van der Waals surface area contributed by atoms with Gasteiger partial charge in [0.2, 0.25) is 0 Å². The zero-order valence-corrected chi connectivity index (χ0v) is 9.97. The van der Waals surface area contributed by atoms with E-state index in [0.717, 1.165) is 17.0 Å². The fourth-order valence-corrected chi connectivity index (χ4v) is 2.73. The van der Waals surface area contributed by atoms with E-state index in [9.17, 15) is 9.90 Å². The molecular weight excluding hydrogens is 242 g/mol. The lowest BCUT2D eigenvalue weighted by molar-refractivity contribution is -0.137. The molecule has 2 atom stereocenters. The summed E-state index contributed by atoms with van der Waals surface area (Å²) in [6.07, 6.45) is 15.6. The van der Waals surface area contributed by atoms with Crippen molar-refractivity contribution >= 4 is 12.3 Å². The first-order chi connectivity index (χ1) is 9.25. The van der Waals surface area contributed by atoms with E-state index in [1.807, 2.05) is 46.5 Å². The normalized spacial score (nSPS) is 29.6. The van der Waals surface area contributed by atoms with Crippen LogP contribution in [-0.4, -0.2) is 39.3 Å². The van der Waals surface area contributed by atoms with Crippen LogP contribution in [0.5, 0.6) is 0 Å². The van der Waals surface area contributed by atoms with Crippen LogP contribution in [0, 0.1) is 0 Å². The smallest absolute Gasteiger partial charge is 0.334 e. The van der Waals surface area contributed by atoms with Crippen molar-refractivity contribution in [2.45, 2.75) is 12.1 Å². The van der Waals surface area contributed by atoms with Crippen molar-refractivity contribution in [3.05, 3.63) is 59.7 Å². The van der Waals surface area contributed by atoms with E-state index in [2.05, 4.69) is 11.1 Å². The first-order valence-corrected chi connectivity index (χ1v) is 6.07. The van der Waals surface area contributed by atoms with Gasteiger partial charge in [0.05, 0.1) is 23.8 Å². The minimum atomic E-state index is -0.916. The van der Waals surface area contributed by atoms with E-state index >= 15 is 0 Å². The van der Waals surface area contributed by atoms with Crippen molar-refractivity contribution in [2.24, 2.45) is 4.99 Å². The molecule has 0 spiro atoms. The molecule has 0 aromatic rings. The molecule has 0 amide bonds. The molecule has 5 heteroatoms. The molecule has 0 saturated carbocycles. The zero-order chi connectivity index (χ0) is 13.0. The Morgan fingerprint density at radius 3 is 2.95 bits per heavy atom. The predicted octanol–water partition coefficient (Wildman–Crippen LogP) is 1.22. The highest BCUT2D eigenvalue weighted by Crippen LogP contribution is 2.37. The van der Waals surface area contributed by atoms with E-state index in [0.29, 0.717) is 0 Å². The van der Waals surface area contributed by atoms with Crippen LogP contribution in [0.4, 0.5) is 0 Å². The summed E-state index contributed by atoms with van der Waals surface area (Å²) in [4.78, 5) is 19.4. The second kappa shape index (κ2) is 3.47. The number of hydrogen-bond acceptors (Lipinski definition) is 4. The Bertz CT molecular complexity index is 652. The van der Waals surface area contributed by atoms with Gasteiger partial charge in [-0.25, -0.2) is 4.79 Å². The van der Waals surface area contributed by atoms with E-state index in [1.165, 1.54) is 0 Å². The lowest BCUT2D eigenvalue weighted by Crippen LogP contribution is -2.35. The Hall–Kier alpha value is -2.56. The number of carboxylic acids is 1. The summed E-state index contributed by atoms with van der Waals surface area (Å²) in [5, 5.41) is 9.30. The third-order valence-electron chi connectivity index (χ3n) is 3.67. The van der Waals surface area contributed by atoms with Crippen molar-refractivity contribution in [3.8, 4) is 0 Å². The highest BCUT2D eigenvalue weighted by Gasteiger charge is 2.40. The standard InChI is InChI=1S/C14H11N3O2/c18-14(19)12-13-11-5-6-16(11)7-9-3-1-2-4-10(9)17(13)8-15-12/h1-8,10,12H,(H,18,19). The van der Waals surface area contributed by atoms with E-state index < -0.39 is 12.0 Å². The molecule has 0 saturated heterocycles. The van der Waals surface area contributed by atoms with E-state index in [1.54, 1.807) is 6.34 Å². The minimum Gasteiger partial charge on any atom is -0.479 e. The van der Waals surface area contributed by atoms with Gasteiger partial charge in [-0.15, -0.1) is 0 Å². The summed E-state index contributed by atoms with van der Waals surface area (Å²) in [7, 11) is 0. The molecule has 0 aromatic carbocycles. The third-order valence-corrected chi connectivity index (χ3v) is 3.67. The van der Waals surface area contributed by atoms with Crippen LogP contribution in [0.15, 0.2) is 64.7 Å². The fraction of sp³-hybridized carbons (Fsp3) is 0.143. The molecule has 5 nitrogen and oxygen atoms in total. The predicted molar refractivity (Wildman–Crippen MR) is 69.9 cm³/mol. The number of rotatable bonds is 1. The van der Waals surface area contributed by atoms with Crippen molar-refractivity contribution in [3.63, 3.8) is 0 Å². The maximum Gasteiger partial charge on any atom is 0.334 e. The summed E-state index contributed by atoms with van der Waals surface area (Å²) < 4.78 is 0. The van der Waals surface area contributed by atoms with Crippen LogP contribution >= 0.6 is 0 Å². The maximum atomic E-state index is 11.3. The monoisotopic (exact) mass is 253 g/mol. The van der Waals surface area contributed by atoms with Gasteiger partial charge in [0, 0.05) is 12.4 Å². The summed E-state index contributed by atoms with van der Waals surface area (Å²) >= 11 is 0. The fourth-order valence-electron chi connectivity index (χ4n) is 2.73. The molecule has 3 aliphatic heterocycles. The highest BCUT2D eigenvalue weighted by atomic mass is 16.4. The van der Waals surface area contributed by atoms with Gasteiger partial charge in [-0.05, 0) is 11.6 Å². The van der Waals surface area contributed by atoms with Gasteiger partial charge in [-0.1, -0.05) is 24.3 Å². The molecule has 1 N–H and O–H groups in total. The van der Waals surface area contributed by atoms with Crippen molar-refractivity contribution in [2.75, 3.05) is 0 Å². The van der Waals surface area contributed by atoms with Gasteiger partial charge < -0.3 is 14.9 Å². The maximum absolute atomic E-state index is 11.3. The van der Waals surface area contributed by atoms with Crippen LogP contribution in [-0.2, 0) is 4.79 Å². The van der Waals surface area contributed by atoms with E-state index in [-0.39, 0.29) is 6.04 Å². The second-order valence-electron chi connectivity index (χ2n) is 4.72. The van der Waals surface area contributed by atoms with Gasteiger partial charge in [-0.3, -0.25) is 4.99 Å². The quantitative estimate of drug-likeness (QED) is 0.763. The van der Waals surface area contributed by atoms with Crippen molar-refractivity contribution in [1.29, 1.82) is 0 Å². The molecule has 4 rings (SSSR count). The largest absolute Gasteiger partial charge is 0.479 e. The number of aliphatic carboxylic acids is 1. The number of aliphatic imine (C=N–C) groups is 1. The number of nitrogens with zero attached hydrogens (tertiary/aromatic N) is 3. The van der Waals surface area contributed by atoms with Gasteiger partial charge in [0.25, 0.3) is 0 Å². The molecular formula is C14H11N3O2. The molecule has 0 radical (unpaired) electrons. The summed E-state index contributed by atoms with van der Waals surface area (Å²) in [6.45, 7) is 0. The lowest BCUT2D eigenvalue weighted by Gasteiger charge is -2.29. The van der Waals surface area contributed by atoms with Gasteiger partial charge in [-0.2, -0.15) is 0 Å². The molecule has 94 valence electrons. The first-order valence-electron chi connectivity index (χ1n) is 6.07. The van der Waals surface area contributed by atoms with Crippen LogP contribution < -0.4 is 0 Å². The van der Waals surface area contributed by atoms with Crippen LogP contribution in [0.3, 0.4) is 0 Å². The van der Waals surface area contributed by atoms with Gasteiger partial charge in [0.15, 0.2) is 6.04 Å². The average molecular weight is 253 g/mol. The number of hydrogen-bond donors (Lipinski definition) is 1. The zero-order valence-electron chi connectivity index (χ0n) is 9.97. The second-order valence-corrected chi connectivity index (χ2v) is 4.72. The first kappa shape index (κ1) is 10.4. The molecule has 0 bridgehead atoms. The summed E-state index contributed by atoms with van der Waals surface area (Å²) in [5.74, 6) is -0.916. The van der Waals surface area contributed by atoms with E-state index in [4.69, 9.17) is 0 Å². The molecule has 19 heavy (non-hydrogen) atoms. The Morgan fingerprint density at radius 2 is 2.21 bits per heavy atom. The number of carboxylic acid groups (broad SMARTS) is 1. The Labute approximate surface area is 109 Å². The highest BCUT2D eigenvalue weighted by molar-refractivity contribution is 5.85. The Kier molecular flexibility index (Phi) is 1.90. The third kappa shape index (κ3) is 1.29. The molecule has 2 unspecified atom stereocenters.